The highest BCUT2D eigenvalue weighted by Gasteiger charge is 2.30. The SMILES string of the molecule is CCOC(=O)C1CCOc2cc(Oc3ccc(C(N)=O)cc3N)c(Cl)cc21. The first-order valence-corrected chi connectivity index (χ1v) is 8.78. The molecule has 1 unspecified atom stereocenters. The maximum Gasteiger partial charge on any atom is 0.313 e. The predicted molar refractivity (Wildman–Crippen MR) is 100 cm³/mol. The number of anilines is 1. The fourth-order valence-corrected chi connectivity index (χ4v) is 3.08. The van der Waals surface area contributed by atoms with Gasteiger partial charge in [-0.15, -0.1) is 0 Å². The molecule has 7 nitrogen and oxygen atoms in total. The molecule has 0 radical (unpaired) electrons. The van der Waals surface area contributed by atoms with E-state index in [-0.39, 0.29) is 17.2 Å². The van der Waals surface area contributed by atoms with E-state index in [1.807, 2.05) is 0 Å². The van der Waals surface area contributed by atoms with Crippen LogP contribution in [-0.2, 0) is 9.53 Å². The molecule has 0 fully saturated rings. The van der Waals surface area contributed by atoms with E-state index in [0.29, 0.717) is 47.5 Å². The van der Waals surface area contributed by atoms with Gasteiger partial charge in [-0.1, -0.05) is 11.6 Å². The first-order chi connectivity index (χ1) is 12.9. The fraction of sp³-hybridized carbons (Fsp3) is 0.263. The Balaban J connectivity index is 1.90. The summed E-state index contributed by atoms with van der Waals surface area (Å²) in [6.07, 6.45) is 0.518. The van der Waals surface area contributed by atoms with Gasteiger partial charge in [-0.3, -0.25) is 9.59 Å². The second-order valence-corrected chi connectivity index (χ2v) is 6.39. The lowest BCUT2D eigenvalue weighted by Gasteiger charge is -2.25. The molecule has 0 spiro atoms. The zero-order valence-electron chi connectivity index (χ0n) is 14.7. The smallest absolute Gasteiger partial charge is 0.313 e. The number of fused-ring (bicyclic) bond motifs is 1. The number of nitrogen functional groups attached to an aromatic ring is 1. The van der Waals surface area contributed by atoms with Crippen molar-refractivity contribution in [2.75, 3.05) is 18.9 Å². The van der Waals surface area contributed by atoms with E-state index in [2.05, 4.69) is 0 Å². The van der Waals surface area contributed by atoms with Crippen LogP contribution in [0.15, 0.2) is 30.3 Å². The molecule has 0 bridgehead atoms. The molecule has 3 rings (SSSR count). The zero-order chi connectivity index (χ0) is 19.6. The third-order valence-corrected chi connectivity index (χ3v) is 4.48. The number of benzene rings is 2. The number of carbonyl (C=O) groups is 2. The lowest BCUT2D eigenvalue weighted by molar-refractivity contribution is -0.145. The topological polar surface area (TPSA) is 114 Å². The first kappa shape index (κ1) is 18.8. The van der Waals surface area contributed by atoms with Crippen LogP contribution in [0.5, 0.6) is 17.2 Å². The van der Waals surface area contributed by atoms with Crippen LogP contribution in [0.1, 0.15) is 35.2 Å². The van der Waals surface area contributed by atoms with Crippen molar-refractivity contribution in [2.45, 2.75) is 19.3 Å². The van der Waals surface area contributed by atoms with Crippen molar-refractivity contribution in [3.05, 3.63) is 46.5 Å². The van der Waals surface area contributed by atoms with Crippen molar-refractivity contribution in [1.29, 1.82) is 0 Å². The standard InChI is InChI=1S/C19H19ClN2O5/c1-2-25-19(24)11-5-6-26-16-9-17(13(20)8-12(11)16)27-15-4-3-10(18(22)23)7-14(15)21/h3-4,7-9,11H,2,5-6,21H2,1H3,(H2,22,23). The van der Waals surface area contributed by atoms with Crippen molar-refractivity contribution in [2.24, 2.45) is 5.73 Å². The number of carbonyl (C=O) groups excluding carboxylic acids is 2. The van der Waals surface area contributed by atoms with Gasteiger partial charge in [0.15, 0.2) is 0 Å². The second kappa shape index (κ2) is 7.75. The van der Waals surface area contributed by atoms with Gasteiger partial charge < -0.3 is 25.7 Å². The Hall–Kier alpha value is -2.93. The highest BCUT2D eigenvalue weighted by molar-refractivity contribution is 6.32. The maximum atomic E-state index is 12.2. The molecule has 2 aromatic rings. The van der Waals surface area contributed by atoms with E-state index in [4.69, 9.17) is 37.3 Å². The number of esters is 1. The molecule has 27 heavy (non-hydrogen) atoms. The molecule has 1 heterocycles. The molecule has 0 saturated heterocycles. The molecule has 0 saturated carbocycles. The van der Waals surface area contributed by atoms with E-state index >= 15 is 0 Å². The Bertz CT molecular complexity index is 900. The number of rotatable bonds is 5. The minimum Gasteiger partial charge on any atom is -0.493 e. The lowest BCUT2D eigenvalue weighted by Crippen LogP contribution is -2.23. The molecule has 8 heteroatoms. The molecule has 142 valence electrons. The summed E-state index contributed by atoms with van der Waals surface area (Å²) >= 11 is 6.34. The van der Waals surface area contributed by atoms with Crippen LogP contribution in [0.2, 0.25) is 5.02 Å². The lowest BCUT2D eigenvalue weighted by atomic mass is 9.93. The van der Waals surface area contributed by atoms with Crippen molar-refractivity contribution < 1.29 is 23.8 Å². The monoisotopic (exact) mass is 390 g/mol. The van der Waals surface area contributed by atoms with E-state index in [1.54, 1.807) is 19.1 Å². The number of ether oxygens (including phenoxy) is 3. The first-order valence-electron chi connectivity index (χ1n) is 8.40. The van der Waals surface area contributed by atoms with Crippen molar-refractivity contribution in [3.8, 4) is 17.2 Å². The van der Waals surface area contributed by atoms with E-state index in [0.717, 1.165) is 0 Å². The second-order valence-electron chi connectivity index (χ2n) is 5.98. The summed E-state index contributed by atoms with van der Waals surface area (Å²) in [7, 11) is 0. The van der Waals surface area contributed by atoms with Crippen LogP contribution in [0, 0.1) is 0 Å². The largest absolute Gasteiger partial charge is 0.493 e. The molecule has 0 aliphatic carbocycles. The van der Waals surface area contributed by atoms with Crippen molar-refractivity contribution in [1.82, 2.24) is 0 Å². The highest BCUT2D eigenvalue weighted by Crippen LogP contribution is 2.42. The number of hydrogen-bond acceptors (Lipinski definition) is 6. The van der Waals surface area contributed by atoms with Gasteiger partial charge in [0.25, 0.3) is 0 Å². The molecule has 4 N–H and O–H groups in total. The van der Waals surface area contributed by atoms with Crippen LogP contribution in [-0.4, -0.2) is 25.1 Å². The van der Waals surface area contributed by atoms with Crippen LogP contribution in [0.3, 0.4) is 0 Å². The average molecular weight is 391 g/mol. The minimum atomic E-state index is -0.585. The van der Waals surface area contributed by atoms with Gasteiger partial charge in [-0.25, -0.2) is 0 Å². The normalized spacial score (nSPS) is 15.4. The number of hydrogen-bond donors (Lipinski definition) is 2. The highest BCUT2D eigenvalue weighted by atomic mass is 35.5. The molecule has 1 aliphatic rings. The van der Waals surface area contributed by atoms with Gasteiger partial charge in [-0.2, -0.15) is 0 Å². The molecular weight excluding hydrogens is 372 g/mol. The Kier molecular flexibility index (Phi) is 5.41. The fourth-order valence-electron chi connectivity index (χ4n) is 2.87. The quantitative estimate of drug-likeness (QED) is 0.598. The summed E-state index contributed by atoms with van der Waals surface area (Å²) < 4.78 is 16.6. The summed E-state index contributed by atoms with van der Waals surface area (Å²) in [5.41, 5.74) is 12.3. The van der Waals surface area contributed by atoms with Gasteiger partial charge in [0, 0.05) is 17.2 Å². The van der Waals surface area contributed by atoms with Crippen LogP contribution >= 0.6 is 11.6 Å². The van der Waals surface area contributed by atoms with Crippen molar-refractivity contribution in [3.63, 3.8) is 0 Å². The summed E-state index contributed by atoms with van der Waals surface area (Å²) in [6.45, 7) is 2.45. The van der Waals surface area contributed by atoms with Gasteiger partial charge in [0.05, 0.1) is 29.8 Å². The van der Waals surface area contributed by atoms with Gasteiger partial charge in [-0.05, 0) is 37.6 Å². The summed E-state index contributed by atoms with van der Waals surface area (Å²) in [6, 6.07) is 7.73. The third kappa shape index (κ3) is 3.93. The molecule has 1 atom stereocenters. The van der Waals surface area contributed by atoms with Crippen LogP contribution < -0.4 is 20.9 Å². The maximum absolute atomic E-state index is 12.2. The summed E-state index contributed by atoms with van der Waals surface area (Å²) in [5, 5.41) is 0.298. The van der Waals surface area contributed by atoms with Crippen LogP contribution in [0.4, 0.5) is 5.69 Å². The molecular formula is C19H19ClN2O5. The van der Waals surface area contributed by atoms with E-state index < -0.39 is 11.8 Å². The predicted octanol–water partition coefficient (Wildman–Crippen LogP) is 3.24. The molecule has 0 aromatic heterocycles. The molecule has 1 aliphatic heterocycles. The Morgan fingerprint density at radius 2 is 2.04 bits per heavy atom. The Labute approximate surface area is 161 Å². The number of nitrogens with two attached hydrogens (primary N) is 2. The van der Waals surface area contributed by atoms with E-state index in [9.17, 15) is 9.59 Å². The zero-order valence-corrected chi connectivity index (χ0v) is 15.4. The number of halogens is 1. The summed E-state index contributed by atoms with van der Waals surface area (Å²) in [5.74, 6) is -0.180. The summed E-state index contributed by atoms with van der Waals surface area (Å²) in [4.78, 5) is 23.4. The minimum absolute atomic E-state index is 0.241. The molecule has 1 amide bonds. The molecule has 2 aromatic carbocycles. The van der Waals surface area contributed by atoms with Crippen LogP contribution in [0.25, 0.3) is 0 Å². The van der Waals surface area contributed by atoms with E-state index in [1.165, 1.54) is 18.2 Å². The third-order valence-electron chi connectivity index (χ3n) is 4.19. The number of amides is 1. The Morgan fingerprint density at radius 1 is 1.26 bits per heavy atom. The van der Waals surface area contributed by atoms with Gasteiger partial charge in [0.2, 0.25) is 5.91 Å². The van der Waals surface area contributed by atoms with Gasteiger partial charge in [0.1, 0.15) is 17.2 Å². The van der Waals surface area contributed by atoms with Crippen molar-refractivity contribution >= 4 is 29.2 Å². The Morgan fingerprint density at radius 3 is 2.70 bits per heavy atom. The number of primary amides is 1. The average Bonchev–Trinajstić information content (AvgIpc) is 2.63. The van der Waals surface area contributed by atoms with Gasteiger partial charge >= 0.3 is 5.97 Å².